The maximum atomic E-state index is 13.1. The average Bonchev–Trinajstić information content (AvgIpc) is 2.78. The molecule has 0 bridgehead atoms. The van der Waals surface area contributed by atoms with Crippen LogP contribution in [0.4, 0.5) is 0 Å². The fraction of sp³-hybridized carbons (Fsp3) is 0.440. The summed E-state index contributed by atoms with van der Waals surface area (Å²) in [5.74, 6) is -2.48. The summed E-state index contributed by atoms with van der Waals surface area (Å²) < 4.78 is 5.77. The molecule has 0 amide bonds. The van der Waals surface area contributed by atoms with E-state index in [1.54, 1.807) is 36.4 Å². The zero-order valence-corrected chi connectivity index (χ0v) is 17.8. The summed E-state index contributed by atoms with van der Waals surface area (Å²) in [4.78, 5) is 30.7. The van der Waals surface area contributed by atoms with Crippen molar-refractivity contribution in [2.24, 2.45) is 0 Å². The van der Waals surface area contributed by atoms with Crippen LogP contribution < -0.4 is 0 Å². The lowest BCUT2D eigenvalue weighted by Crippen LogP contribution is -2.41. The molecule has 0 aromatic heterocycles. The van der Waals surface area contributed by atoms with E-state index in [0.717, 1.165) is 31.2 Å². The van der Waals surface area contributed by atoms with Crippen LogP contribution in [0.15, 0.2) is 42.5 Å². The molecule has 5 heteroatoms. The highest BCUT2D eigenvalue weighted by Gasteiger charge is 2.49. The molecule has 0 fully saturated rings. The van der Waals surface area contributed by atoms with E-state index < -0.39 is 11.8 Å². The van der Waals surface area contributed by atoms with Gasteiger partial charge in [-0.15, -0.1) is 0 Å². The van der Waals surface area contributed by atoms with Gasteiger partial charge in [0.15, 0.2) is 5.78 Å². The Morgan fingerprint density at radius 2 is 1.63 bits per heavy atom. The third-order valence-electron chi connectivity index (χ3n) is 5.74. The van der Waals surface area contributed by atoms with Crippen LogP contribution in [-0.2, 0) is 26.6 Å². The van der Waals surface area contributed by atoms with E-state index in [1.165, 1.54) is 12.8 Å². The number of hydrogen-bond acceptors (Lipinski definition) is 5. The van der Waals surface area contributed by atoms with Gasteiger partial charge in [-0.1, -0.05) is 82.3 Å². The first-order valence-corrected chi connectivity index (χ1v) is 10.9. The van der Waals surface area contributed by atoms with E-state index in [9.17, 15) is 14.8 Å². The van der Waals surface area contributed by atoms with Gasteiger partial charge in [-0.3, -0.25) is 9.59 Å². The van der Waals surface area contributed by atoms with Gasteiger partial charge >= 0.3 is 5.97 Å². The topological polar surface area (TPSA) is 72.8 Å². The highest BCUT2D eigenvalue weighted by Crippen LogP contribution is 2.43. The summed E-state index contributed by atoms with van der Waals surface area (Å²) in [5, 5.41) is 9.98. The van der Waals surface area contributed by atoms with Crippen LogP contribution in [0.3, 0.4) is 0 Å². The van der Waals surface area contributed by atoms with Crippen LogP contribution in [0.25, 0.3) is 0 Å². The van der Waals surface area contributed by atoms with Crippen molar-refractivity contribution < 1.29 is 24.5 Å². The van der Waals surface area contributed by atoms with Crippen LogP contribution in [0.5, 0.6) is 0 Å². The van der Waals surface area contributed by atoms with Gasteiger partial charge in [0, 0.05) is 28.7 Å². The van der Waals surface area contributed by atoms with Crippen molar-refractivity contribution in [1.82, 2.24) is 0 Å². The summed E-state index contributed by atoms with van der Waals surface area (Å²) in [6, 6.07) is 12.1. The second-order valence-corrected chi connectivity index (χ2v) is 7.81. The number of fused-ring (bicyclic) bond motifs is 2. The Balaban J connectivity index is 1.89. The number of carbonyl (C=O) groups is 2. The van der Waals surface area contributed by atoms with Gasteiger partial charge < -0.3 is 4.74 Å². The van der Waals surface area contributed by atoms with Gasteiger partial charge in [0.1, 0.15) is 0 Å². The maximum absolute atomic E-state index is 13.1. The quantitative estimate of drug-likeness (QED) is 0.177. The lowest BCUT2D eigenvalue weighted by molar-refractivity contribution is -0.384. The SMILES string of the molecule is CCCCCCCCC(=O)OC1(OO)c2ccccc2C(=O)c2cc(CC)ccc21. The normalized spacial score (nSPS) is 17.4. The minimum atomic E-state index is -1.84. The van der Waals surface area contributed by atoms with Crippen molar-refractivity contribution >= 4 is 11.8 Å². The summed E-state index contributed by atoms with van der Waals surface area (Å²) >= 11 is 0. The number of ether oxygens (including phenoxy) is 1. The fourth-order valence-electron chi connectivity index (χ4n) is 4.03. The summed E-state index contributed by atoms with van der Waals surface area (Å²) in [6.07, 6.45) is 7.28. The Labute approximate surface area is 178 Å². The molecule has 1 N–H and O–H groups in total. The standard InChI is InChI=1S/C25H30O5/c1-3-5-6-7-8-9-14-23(26)29-25(30-28)21-13-11-10-12-19(21)24(27)20-17-18(4-2)15-16-22(20)25/h10-13,15-17,28H,3-9,14H2,1-2H3. The smallest absolute Gasteiger partial charge is 0.308 e. The predicted octanol–water partition coefficient (Wildman–Crippen LogP) is 5.78. The molecule has 0 radical (unpaired) electrons. The third-order valence-corrected chi connectivity index (χ3v) is 5.74. The lowest BCUT2D eigenvalue weighted by atomic mass is 9.79. The molecule has 0 heterocycles. The maximum Gasteiger partial charge on any atom is 0.308 e. The van der Waals surface area contributed by atoms with E-state index in [1.807, 2.05) is 13.0 Å². The first-order valence-electron chi connectivity index (χ1n) is 10.9. The highest BCUT2D eigenvalue weighted by molar-refractivity contribution is 6.13. The third kappa shape index (κ3) is 4.32. The summed E-state index contributed by atoms with van der Waals surface area (Å²) in [5.41, 5.74) is 2.41. The molecule has 3 rings (SSSR count). The molecule has 2 aromatic rings. The second-order valence-electron chi connectivity index (χ2n) is 7.81. The number of hydrogen-bond donors (Lipinski definition) is 1. The van der Waals surface area contributed by atoms with Gasteiger partial charge in [-0.05, 0) is 24.5 Å². The second kappa shape index (κ2) is 10.0. The largest absolute Gasteiger partial charge is 0.421 e. The molecule has 1 unspecified atom stereocenters. The van der Waals surface area contributed by atoms with Crippen LogP contribution in [-0.4, -0.2) is 17.0 Å². The number of benzene rings is 2. The van der Waals surface area contributed by atoms with Crippen LogP contribution >= 0.6 is 0 Å². The number of aryl methyl sites for hydroxylation is 1. The molecule has 1 aliphatic carbocycles. The van der Waals surface area contributed by atoms with Crippen LogP contribution in [0.1, 0.15) is 91.4 Å². The first kappa shape index (κ1) is 22.2. The molecule has 0 spiro atoms. The number of ketones is 1. The van der Waals surface area contributed by atoms with Gasteiger partial charge in [0.05, 0.1) is 0 Å². The number of carbonyl (C=O) groups excluding carboxylic acids is 2. The van der Waals surface area contributed by atoms with Crippen molar-refractivity contribution in [3.8, 4) is 0 Å². The number of esters is 1. The Morgan fingerprint density at radius 1 is 0.933 bits per heavy atom. The molecular weight excluding hydrogens is 380 g/mol. The molecule has 1 atom stereocenters. The molecule has 0 saturated carbocycles. The molecule has 1 aliphatic rings. The van der Waals surface area contributed by atoms with Gasteiger partial charge in [0.25, 0.3) is 5.79 Å². The zero-order valence-electron chi connectivity index (χ0n) is 17.8. The molecule has 5 nitrogen and oxygen atoms in total. The summed E-state index contributed by atoms with van der Waals surface area (Å²) in [6.45, 7) is 4.17. The minimum Gasteiger partial charge on any atom is -0.421 e. The molecule has 30 heavy (non-hydrogen) atoms. The molecular formula is C25H30O5. The zero-order chi connectivity index (χ0) is 21.6. The predicted molar refractivity (Wildman–Crippen MR) is 114 cm³/mol. The van der Waals surface area contributed by atoms with Crippen molar-refractivity contribution in [1.29, 1.82) is 0 Å². The molecule has 0 saturated heterocycles. The van der Waals surface area contributed by atoms with Crippen LogP contribution in [0, 0.1) is 0 Å². The van der Waals surface area contributed by atoms with Gasteiger partial charge in [-0.25, -0.2) is 5.26 Å². The monoisotopic (exact) mass is 410 g/mol. The van der Waals surface area contributed by atoms with Gasteiger partial charge in [-0.2, -0.15) is 4.89 Å². The van der Waals surface area contributed by atoms with E-state index in [4.69, 9.17) is 9.62 Å². The van der Waals surface area contributed by atoms with E-state index in [0.29, 0.717) is 28.7 Å². The van der Waals surface area contributed by atoms with Crippen molar-refractivity contribution in [2.45, 2.75) is 71.0 Å². The molecule has 160 valence electrons. The average molecular weight is 411 g/mol. The minimum absolute atomic E-state index is 0.171. The van der Waals surface area contributed by atoms with E-state index in [-0.39, 0.29) is 12.2 Å². The Hall–Kier alpha value is -2.50. The Bertz CT molecular complexity index is 904. The van der Waals surface area contributed by atoms with Crippen molar-refractivity contribution in [2.75, 3.05) is 0 Å². The van der Waals surface area contributed by atoms with Crippen LogP contribution in [0.2, 0.25) is 0 Å². The highest BCUT2D eigenvalue weighted by atomic mass is 17.1. The Morgan fingerprint density at radius 3 is 2.37 bits per heavy atom. The Kier molecular flexibility index (Phi) is 7.40. The van der Waals surface area contributed by atoms with Crippen molar-refractivity contribution in [3.05, 3.63) is 70.3 Å². The first-order chi connectivity index (χ1) is 14.6. The number of unbranched alkanes of at least 4 members (excludes halogenated alkanes) is 5. The van der Waals surface area contributed by atoms with E-state index >= 15 is 0 Å². The fourth-order valence-corrected chi connectivity index (χ4v) is 4.03. The van der Waals surface area contributed by atoms with Gasteiger partial charge in [0.2, 0.25) is 0 Å². The van der Waals surface area contributed by atoms with E-state index in [2.05, 4.69) is 6.92 Å². The molecule has 0 aliphatic heterocycles. The number of rotatable bonds is 10. The molecule has 2 aromatic carbocycles. The van der Waals surface area contributed by atoms with Crippen molar-refractivity contribution in [3.63, 3.8) is 0 Å². The summed E-state index contributed by atoms with van der Waals surface area (Å²) in [7, 11) is 0. The lowest BCUT2D eigenvalue weighted by Gasteiger charge is -2.36.